The maximum absolute atomic E-state index is 12.3. The van der Waals surface area contributed by atoms with E-state index in [0.717, 1.165) is 11.5 Å². The van der Waals surface area contributed by atoms with E-state index in [-0.39, 0.29) is 5.91 Å². The number of pyridine rings is 1. The minimum absolute atomic E-state index is 0.169. The fraction of sp³-hybridized carbons (Fsp3) is 0.133. The molecule has 0 aliphatic rings. The molecule has 3 aromatic heterocycles. The van der Waals surface area contributed by atoms with Crippen molar-refractivity contribution in [3.63, 3.8) is 0 Å². The third kappa shape index (κ3) is 2.69. The van der Waals surface area contributed by atoms with Gasteiger partial charge in [0.1, 0.15) is 11.4 Å². The van der Waals surface area contributed by atoms with Crippen LogP contribution in [-0.2, 0) is 13.6 Å². The molecule has 0 aliphatic heterocycles. The summed E-state index contributed by atoms with van der Waals surface area (Å²) < 4.78 is 3.54. The molecule has 106 valence electrons. The molecule has 0 saturated carbocycles. The maximum Gasteiger partial charge on any atom is 0.257 e. The second kappa shape index (κ2) is 5.62. The first-order chi connectivity index (χ1) is 10.3. The van der Waals surface area contributed by atoms with Crippen molar-refractivity contribution in [3.8, 4) is 5.82 Å². The average molecular weight is 281 g/mol. The molecular weight excluding hydrogens is 266 g/mol. The molecular formula is C15H15N5O. The Bertz CT molecular complexity index is 731. The van der Waals surface area contributed by atoms with Crippen LogP contribution in [0.25, 0.3) is 5.82 Å². The predicted octanol–water partition coefficient (Wildman–Crippen LogP) is 1.54. The molecule has 0 unspecified atom stereocenters. The summed E-state index contributed by atoms with van der Waals surface area (Å²) in [5.74, 6) is 0.566. The zero-order valence-electron chi connectivity index (χ0n) is 11.6. The molecule has 21 heavy (non-hydrogen) atoms. The first-order valence-electron chi connectivity index (χ1n) is 6.59. The highest BCUT2D eigenvalue weighted by Crippen LogP contribution is 2.13. The van der Waals surface area contributed by atoms with Crippen LogP contribution < -0.4 is 5.32 Å². The molecule has 3 rings (SSSR count). The van der Waals surface area contributed by atoms with Crippen LogP contribution >= 0.6 is 0 Å². The van der Waals surface area contributed by atoms with Gasteiger partial charge in [-0.25, -0.2) is 0 Å². The first-order valence-corrected chi connectivity index (χ1v) is 6.59. The summed E-state index contributed by atoms with van der Waals surface area (Å²) >= 11 is 0. The van der Waals surface area contributed by atoms with Crippen molar-refractivity contribution in [3.05, 3.63) is 66.4 Å². The summed E-state index contributed by atoms with van der Waals surface area (Å²) in [5.41, 5.74) is 1.35. The number of nitrogens with one attached hydrogen (secondary N) is 1. The number of hydrogen-bond acceptors (Lipinski definition) is 3. The third-order valence-corrected chi connectivity index (χ3v) is 3.16. The van der Waals surface area contributed by atoms with E-state index in [1.54, 1.807) is 17.1 Å². The summed E-state index contributed by atoms with van der Waals surface area (Å²) in [6.45, 7) is 0.389. The van der Waals surface area contributed by atoms with Gasteiger partial charge in [0.25, 0.3) is 5.91 Å². The molecule has 0 atom stereocenters. The lowest BCUT2D eigenvalue weighted by molar-refractivity contribution is 0.0950. The summed E-state index contributed by atoms with van der Waals surface area (Å²) in [6, 6.07) is 9.42. The van der Waals surface area contributed by atoms with Crippen LogP contribution in [-0.4, -0.2) is 25.2 Å². The van der Waals surface area contributed by atoms with E-state index in [1.165, 1.54) is 0 Å². The second-order valence-corrected chi connectivity index (χ2v) is 4.60. The zero-order valence-corrected chi connectivity index (χ0v) is 11.6. The van der Waals surface area contributed by atoms with Crippen LogP contribution in [0.2, 0.25) is 0 Å². The molecule has 0 fully saturated rings. The van der Waals surface area contributed by atoms with Gasteiger partial charge < -0.3 is 9.88 Å². The Morgan fingerprint density at radius 3 is 2.76 bits per heavy atom. The zero-order chi connectivity index (χ0) is 14.7. The predicted molar refractivity (Wildman–Crippen MR) is 77.9 cm³/mol. The Labute approximate surface area is 122 Å². The van der Waals surface area contributed by atoms with Gasteiger partial charge in [-0.15, -0.1) is 0 Å². The van der Waals surface area contributed by atoms with Crippen LogP contribution in [0.15, 0.2) is 55.1 Å². The van der Waals surface area contributed by atoms with Crippen molar-refractivity contribution < 1.29 is 4.79 Å². The number of carbonyl (C=O) groups excluding carboxylic acids is 1. The van der Waals surface area contributed by atoms with E-state index < -0.39 is 0 Å². The lowest BCUT2D eigenvalue weighted by Crippen LogP contribution is -2.24. The Morgan fingerprint density at radius 2 is 2.05 bits per heavy atom. The van der Waals surface area contributed by atoms with Crippen molar-refractivity contribution in [2.24, 2.45) is 7.05 Å². The van der Waals surface area contributed by atoms with Crippen LogP contribution in [0.3, 0.4) is 0 Å². The van der Waals surface area contributed by atoms with Crippen LogP contribution in [0.5, 0.6) is 0 Å². The second-order valence-electron chi connectivity index (χ2n) is 4.60. The molecule has 6 heteroatoms. The minimum Gasteiger partial charge on any atom is -0.346 e. The topological polar surface area (TPSA) is 64.7 Å². The van der Waals surface area contributed by atoms with E-state index >= 15 is 0 Å². The maximum atomic E-state index is 12.3. The van der Waals surface area contributed by atoms with E-state index in [2.05, 4.69) is 15.4 Å². The number of amides is 1. The normalized spacial score (nSPS) is 10.5. The van der Waals surface area contributed by atoms with Crippen molar-refractivity contribution >= 4 is 5.91 Å². The van der Waals surface area contributed by atoms with Crippen molar-refractivity contribution in [2.75, 3.05) is 0 Å². The largest absolute Gasteiger partial charge is 0.346 e. The highest BCUT2D eigenvalue weighted by molar-refractivity contribution is 5.97. The van der Waals surface area contributed by atoms with E-state index in [4.69, 9.17) is 0 Å². The van der Waals surface area contributed by atoms with Crippen LogP contribution in [0.1, 0.15) is 16.1 Å². The molecule has 0 aliphatic carbocycles. The molecule has 1 N–H and O–H groups in total. The van der Waals surface area contributed by atoms with Gasteiger partial charge in [-0.3, -0.25) is 14.5 Å². The third-order valence-electron chi connectivity index (χ3n) is 3.16. The van der Waals surface area contributed by atoms with E-state index in [9.17, 15) is 4.79 Å². The van der Waals surface area contributed by atoms with Crippen molar-refractivity contribution in [1.29, 1.82) is 0 Å². The van der Waals surface area contributed by atoms with Gasteiger partial charge in [-0.1, -0.05) is 6.07 Å². The molecule has 0 bridgehead atoms. The summed E-state index contributed by atoms with van der Waals surface area (Å²) in [7, 11) is 1.81. The van der Waals surface area contributed by atoms with Gasteiger partial charge in [-0.05, 0) is 24.3 Å². The molecule has 0 radical (unpaired) electrons. The highest BCUT2D eigenvalue weighted by Gasteiger charge is 2.16. The summed E-state index contributed by atoms with van der Waals surface area (Å²) in [5, 5.41) is 7.03. The Balaban J connectivity index is 1.80. The number of hydrogen-bond donors (Lipinski definition) is 1. The molecule has 0 aromatic carbocycles. The first kappa shape index (κ1) is 13.1. The molecule has 0 spiro atoms. The number of aromatic nitrogens is 4. The Hall–Kier alpha value is -2.89. The fourth-order valence-corrected chi connectivity index (χ4v) is 2.14. The Morgan fingerprint density at radius 1 is 1.24 bits per heavy atom. The van der Waals surface area contributed by atoms with Gasteiger partial charge in [-0.2, -0.15) is 5.10 Å². The SMILES string of the molecule is Cn1ncc(C(=O)NCc2ccccn2)c1-n1cccc1. The van der Waals surface area contributed by atoms with Gasteiger partial charge >= 0.3 is 0 Å². The van der Waals surface area contributed by atoms with Crippen molar-refractivity contribution in [1.82, 2.24) is 24.6 Å². The number of aryl methyl sites for hydroxylation is 1. The standard InChI is InChI=1S/C15H15N5O/c1-19-15(20-8-4-5-9-20)13(11-18-19)14(21)17-10-12-6-2-3-7-16-12/h2-9,11H,10H2,1H3,(H,17,21). The van der Waals surface area contributed by atoms with Gasteiger partial charge in [0.2, 0.25) is 0 Å². The average Bonchev–Trinajstić information content (AvgIpc) is 3.15. The molecule has 0 saturated heterocycles. The molecule has 3 aromatic rings. The van der Waals surface area contributed by atoms with Gasteiger partial charge in [0, 0.05) is 25.6 Å². The smallest absolute Gasteiger partial charge is 0.257 e. The van der Waals surface area contributed by atoms with Gasteiger partial charge in [0.05, 0.1) is 18.4 Å². The molecule has 1 amide bonds. The molecule has 6 nitrogen and oxygen atoms in total. The number of carbonyl (C=O) groups is 1. The monoisotopic (exact) mass is 281 g/mol. The lowest BCUT2D eigenvalue weighted by atomic mass is 10.3. The fourth-order valence-electron chi connectivity index (χ4n) is 2.14. The van der Waals surface area contributed by atoms with Crippen molar-refractivity contribution in [2.45, 2.75) is 6.54 Å². The quantitative estimate of drug-likeness (QED) is 0.789. The molecule has 3 heterocycles. The summed E-state index contributed by atoms with van der Waals surface area (Å²) in [4.78, 5) is 16.5. The minimum atomic E-state index is -0.169. The Kier molecular flexibility index (Phi) is 3.51. The number of nitrogens with zero attached hydrogens (tertiary/aromatic N) is 4. The van der Waals surface area contributed by atoms with Crippen LogP contribution in [0.4, 0.5) is 0 Å². The lowest BCUT2D eigenvalue weighted by Gasteiger charge is -2.08. The number of rotatable bonds is 4. The van der Waals surface area contributed by atoms with E-state index in [0.29, 0.717) is 12.1 Å². The summed E-state index contributed by atoms with van der Waals surface area (Å²) in [6.07, 6.45) is 7.04. The van der Waals surface area contributed by atoms with E-state index in [1.807, 2.05) is 54.3 Å². The highest BCUT2D eigenvalue weighted by atomic mass is 16.1. The van der Waals surface area contributed by atoms with Gasteiger partial charge in [0.15, 0.2) is 0 Å². The van der Waals surface area contributed by atoms with Crippen LogP contribution in [0, 0.1) is 0 Å².